The molecule has 2 aromatic carbocycles. The highest BCUT2D eigenvalue weighted by molar-refractivity contribution is 7.92. The van der Waals surface area contributed by atoms with Crippen LogP contribution < -0.4 is 9.62 Å². The monoisotopic (exact) mass is 426 g/mol. The van der Waals surface area contributed by atoms with E-state index in [0.717, 1.165) is 34.2 Å². The molecule has 0 radical (unpaired) electrons. The minimum Gasteiger partial charge on any atom is -0.350 e. The second kappa shape index (κ2) is 8.71. The van der Waals surface area contributed by atoms with E-state index in [1.165, 1.54) is 4.31 Å². The molecule has 0 fully saturated rings. The van der Waals surface area contributed by atoms with Crippen LogP contribution in [0.2, 0.25) is 0 Å². The number of hydrogen-bond acceptors (Lipinski definition) is 4. The van der Waals surface area contributed by atoms with Gasteiger partial charge in [0.25, 0.3) is 0 Å². The summed E-state index contributed by atoms with van der Waals surface area (Å²) in [5.41, 5.74) is 5.03. The Hall–Kier alpha value is -3.13. The SMILES string of the molecule is Cc1cc(C)c(N(CC(=O)NCc2ccccc2-n2ccnc2)S(C)(=O)=O)c(C)c1. The van der Waals surface area contributed by atoms with Gasteiger partial charge >= 0.3 is 0 Å². The maximum Gasteiger partial charge on any atom is 0.241 e. The number of nitrogens with one attached hydrogen (secondary N) is 1. The van der Waals surface area contributed by atoms with Crippen LogP contribution in [0, 0.1) is 20.8 Å². The van der Waals surface area contributed by atoms with Crippen molar-refractivity contribution >= 4 is 21.6 Å². The van der Waals surface area contributed by atoms with E-state index in [1.807, 2.05) is 67.9 Å². The predicted molar refractivity (Wildman–Crippen MR) is 118 cm³/mol. The summed E-state index contributed by atoms with van der Waals surface area (Å²) in [5.74, 6) is -0.375. The van der Waals surface area contributed by atoms with Crippen molar-refractivity contribution in [3.8, 4) is 5.69 Å². The summed E-state index contributed by atoms with van der Waals surface area (Å²) in [5, 5.41) is 2.85. The molecule has 0 saturated carbocycles. The molecular weight excluding hydrogens is 400 g/mol. The van der Waals surface area contributed by atoms with Crippen molar-refractivity contribution in [3.05, 3.63) is 77.4 Å². The lowest BCUT2D eigenvalue weighted by atomic mass is 10.1. The van der Waals surface area contributed by atoms with Crippen LogP contribution in [0.25, 0.3) is 5.69 Å². The van der Waals surface area contributed by atoms with Crippen LogP contribution in [-0.2, 0) is 21.4 Å². The molecule has 1 N–H and O–H groups in total. The summed E-state index contributed by atoms with van der Waals surface area (Å²) in [6.07, 6.45) is 6.32. The molecule has 0 aliphatic carbocycles. The molecule has 0 spiro atoms. The van der Waals surface area contributed by atoms with Crippen LogP contribution in [0.3, 0.4) is 0 Å². The number of anilines is 1. The topological polar surface area (TPSA) is 84.3 Å². The number of para-hydroxylation sites is 1. The zero-order valence-corrected chi connectivity index (χ0v) is 18.4. The van der Waals surface area contributed by atoms with Gasteiger partial charge in [0.05, 0.1) is 24.0 Å². The molecule has 0 aliphatic rings. The van der Waals surface area contributed by atoms with E-state index >= 15 is 0 Å². The second-order valence-electron chi connectivity index (χ2n) is 7.39. The maximum absolute atomic E-state index is 12.7. The molecule has 0 atom stereocenters. The number of benzene rings is 2. The summed E-state index contributed by atoms with van der Waals surface area (Å²) in [4.78, 5) is 16.8. The van der Waals surface area contributed by atoms with E-state index in [4.69, 9.17) is 0 Å². The molecule has 30 heavy (non-hydrogen) atoms. The quantitative estimate of drug-likeness (QED) is 0.630. The average Bonchev–Trinajstić information content (AvgIpc) is 3.19. The van der Waals surface area contributed by atoms with Crippen LogP contribution in [0.5, 0.6) is 0 Å². The molecular formula is C22H26N4O3S. The summed E-state index contributed by atoms with van der Waals surface area (Å²) < 4.78 is 28.0. The molecule has 1 aromatic heterocycles. The highest BCUT2D eigenvalue weighted by atomic mass is 32.2. The van der Waals surface area contributed by atoms with Crippen LogP contribution in [-0.4, -0.2) is 36.7 Å². The molecule has 0 saturated heterocycles. The number of carbonyl (C=O) groups excluding carboxylic acids is 1. The fraction of sp³-hybridized carbons (Fsp3) is 0.273. The van der Waals surface area contributed by atoms with Gasteiger partial charge in [-0.15, -0.1) is 0 Å². The first-order chi connectivity index (χ1) is 14.2. The molecule has 3 aromatic rings. The lowest BCUT2D eigenvalue weighted by Gasteiger charge is -2.26. The first-order valence-electron chi connectivity index (χ1n) is 9.55. The van der Waals surface area contributed by atoms with E-state index in [2.05, 4.69) is 10.3 Å². The third kappa shape index (κ3) is 4.88. The van der Waals surface area contributed by atoms with Crippen LogP contribution >= 0.6 is 0 Å². The van der Waals surface area contributed by atoms with Crippen molar-refractivity contribution in [3.63, 3.8) is 0 Å². The van der Waals surface area contributed by atoms with Crippen molar-refractivity contribution in [2.75, 3.05) is 17.1 Å². The second-order valence-corrected chi connectivity index (χ2v) is 9.30. The third-order valence-electron chi connectivity index (χ3n) is 4.82. The summed E-state index contributed by atoms with van der Waals surface area (Å²) in [7, 11) is -3.64. The van der Waals surface area contributed by atoms with Crippen molar-refractivity contribution < 1.29 is 13.2 Å². The first kappa shape index (κ1) is 21.6. The van der Waals surface area contributed by atoms with Crippen molar-refractivity contribution in [1.29, 1.82) is 0 Å². The van der Waals surface area contributed by atoms with Gasteiger partial charge < -0.3 is 9.88 Å². The number of aromatic nitrogens is 2. The molecule has 0 bridgehead atoms. The van der Waals surface area contributed by atoms with Gasteiger partial charge in [-0.25, -0.2) is 13.4 Å². The number of sulfonamides is 1. The Bertz CT molecular complexity index is 1130. The predicted octanol–water partition coefficient (Wildman–Crippen LogP) is 2.88. The maximum atomic E-state index is 12.7. The Morgan fingerprint density at radius 3 is 2.40 bits per heavy atom. The van der Waals surface area contributed by atoms with Gasteiger partial charge in [0.15, 0.2) is 0 Å². The van der Waals surface area contributed by atoms with Gasteiger partial charge in [-0.1, -0.05) is 35.9 Å². The molecule has 3 rings (SSSR count). The number of amides is 1. The van der Waals surface area contributed by atoms with Gasteiger partial charge in [0.1, 0.15) is 6.54 Å². The smallest absolute Gasteiger partial charge is 0.241 e. The zero-order valence-electron chi connectivity index (χ0n) is 17.6. The summed E-state index contributed by atoms with van der Waals surface area (Å²) in [6.45, 7) is 5.66. The summed E-state index contributed by atoms with van der Waals surface area (Å²) in [6, 6.07) is 11.5. The Morgan fingerprint density at radius 2 is 1.80 bits per heavy atom. The fourth-order valence-corrected chi connectivity index (χ4v) is 4.59. The summed E-state index contributed by atoms with van der Waals surface area (Å²) >= 11 is 0. The zero-order chi connectivity index (χ0) is 21.9. The average molecular weight is 427 g/mol. The normalized spacial score (nSPS) is 11.3. The van der Waals surface area contributed by atoms with E-state index < -0.39 is 10.0 Å². The molecule has 1 heterocycles. The fourth-order valence-electron chi connectivity index (χ4n) is 3.62. The van der Waals surface area contributed by atoms with Crippen molar-refractivity contribution in [2.24, 2.45) is 0 Å². The number of hydrogen-bond donors (Lipinski definition) is 1. The molecule has 0 unspecified atom stereocenters. The van der Waals surface area contributed by atoms with Gasteiger partial charge in [-0.2, -0.15) is 0 Å². The molecule has 7 nitrogen and oxygen atoms in total. The van der Waals surface area contributed by atoms with Crippen LogP contribution in [0.1, 0.15) is 22.3 Å². The Kier molecular flexibility index (Phi) is 6.26. The number of rotatable bonds is 7. The number of nitrogens with zero attached hydrogens (tertiary/aromatic N) is 3. The highest BCUT2D eigenvalue weighted by Crippen LogP contribution is 2.28. The van der Waals surface area contributed by atoms with E-state index in [-0.39, 0.29) is 19.0 Å². The van der Waals surface area contributed by atoms with Gasteiger partial charge in [-0.3, -0.25) is 9.10 Å². The number of imidazole rings is 1. The molecule has 0 aliphatic heterocycles. The first-order valence-corrected chi connectivity index (χ1v) is 11.4. The van der Waals surface area contributed by atoms with Gasteiger partial charge in [0.2, 0.25) is 15.9 Å². The van der Waals surface area contributed by atoms with Crippen molar-refractivity contribution in [2.45, 2.75) is 27.3 Å². The van der Waals surface area contributed by atoms with Crippen molar-refractivity contribution in [1.82, 2.24) is 14.9 Å². The lowest BCUT2D eigenvalue weighted by molar-refractivity contribution is -0.119. The van der Waals surface area contributed by atoms with Gasteiger partial charge in [-0.05, 0) is 43.5 Å². The van der Waals surface area contributed by atoms with Gasteiger partial charge in [0, 0.05) is 18.9 Å². The molecule has 8 heteroatoms. The van der Waals surface area contributed by atoms with E-state index in [0.29, 0.717) is 5.69 Å². The Labute approximate surface area is 177 Å². The molecule has 1 amide bonds. The number of carbonyl (C=O) groups is 1. The third-order valence-corrected chi connectivity index (χ3v) is 5.93. The largest absolute Gasteiger partial charge is 0.350 e. The number of aryl methyl sites for hydroxylation is 3. The standard InChI is InChI=1S/C22H26N4O3S/c1-16-11-17(2)22(18(3)12-16)26(30(4,28)29)14-21(27)24-13-19-7-5-6-8-20(19)25-10-9-23-15-25/h5-12,15H,13-14H2,1-4H3,(H,24,27). The highest BCUT2D eigenvalue weighted by Gasteiger charge is 2.24. The van der Waals surface area contributed by atoms with E-state index in [1.54, 1.807) is 12.5 Å². The minimum atomic E-state index is -3.64. The molecule has 158 valence electrons. The minimum absolute atomic E-state index is 0.274. The van der Waals surface area contributed by atoms with Crippen LogP contribution in [0.4, 0.5) is 5.69 Å². The lowest BCUT2D eigenvalue weighted by Crippen LogP contribution is -2.41. The van der Waals surface area contributed by atoms with E-state index in [9.17, 15) is 13.2 Å². The van der Waals surface area contributed by atoms with Crippen LogP contribution in [0.15, 0.2) is 55.1 Å². The Balaban J connectivity index is 1.80. The Morgan fingerprint density at radius 1 is 1.13 bits per heavy atom.